The van der Waals surface area contributed by atoms with Gasteiger partial charge in [-0.05, 0) is 5.56 Å². The van der Waals surface area contributed by atoms with E-state index < -0.39 is 6.10 Å². The topological polar surface area (TPSA) is 71.2 Å². The highest BCUT2D eigenvalue weighted by molar-refractivity contribution is 5.17. The summed E-state index contributed by atoms with van der Waals surface area (Å²) in [7, 11) is 0. The first kappa shape index (κ1) is 10.8. The summed E-state index contributed by atoms with van der Waals surface area (Å²) in [5, 5.41) is 26.3. The fourth-order valence-corrected chi connectivity index (χ4v) is 1.46. The summed E-state index contributed by atoms with van der Waals surface area (Å²) in [6.07, 6.45) is 1.00. The van der Waals surface area contributed by atoms with Gasteiger partial charge in [-0.3, -0.25) is 0 Å². The summed E-state index contributed by atoms with van der Waals surface area (Å²) in [4.78, 5) is 0. The largest absolute Gasteiger partial charge is 0.390 e. The number of aromatic nitrogens is 3. The lowest BCUT2D eigenvalue weighted by Gasteiger charge is -2.09. The van der Waals surface area contributed by atoms with Crippen LogP contribution in [0.15, 0.2) is 36.5 Å². The molecule has 16 heavy (non-hydrogen) atoms. The summed E-state index contributed by atoms with van der Waals surface area (Å²) in [5.41, 5.74) is 1.34. The number of nitrogens with zero attached hydrogens (tertiary/aromatic N) is 3. The molecule has 0 saturated heterocycles. The number of aliphatic hydroxyl groups excluding tert-OH is 2. The van der Waals surface area contributed by atoms with Gasteiger partial charge in [0.15, 0.2) is 0 Å². The van der Waals surface area contributed by atoms with Gasteiger partial charge < -0.3 is 10.2 Å². The summed E-state index contributed by atoms with van der Waals surface area (Å²) in [6.45, 7) is 0.193. The van der Waals surface area contributed by atoms with Gasteiger partial charge in [-0.15, -0.1) is 5.10 Å². The van der Waals surface area contributed by atoms with Crippen LogP contribution in [-0.4, -0.2) is 25.2 Å². The van der Waals surface area contributed by atoms with Crippen molar-refractivity contribution in [3.63, 3.8) is 0 Å². The first-order valence-electron chi connectivity index (χ1n) is 5.02. The molecule has 0 radical (unpaired) electrons. The molecule has 5 nitrogen and oxygen atoms in total. The van der Waals surface area contributed by atoms with Crippen LogP contribution in [0.4, 0.5) is 0 Å². The van der Waals surface area contributed by atoms with E-state index in [0.717, 1.165) is 5.56 Å². The second kappa shape index (κ2) is 4.87. The fourth-order valence-electron chi connectivity index (χ4n) is 1.46. The molecule has 5 heteroatoms. The Morgan fingerprint density at radius 1 is 1.25 bits per heavy atom. The number of hydrogen-bond donors (Lipinski definition) is 2. The van der Waals surface area contributed by atoms with Crippen molar-refractivity contribution in [3.8, 4) is 0 Å². The summed E-state index contributed by atoms with van der Waals surface area (Å²) < 4.78 is 1.52. The molecule has 1 heterocycles. The van der Waals surface area contributed by atoms with Gasteiger partial charge in [0.25, 0.3) is 0 Å². The molecule has 2 rings (SSSR count). The zero-order valence-electron chi connectivity index (χ0n) is 8.69. The Bertz CT molecular complexity index is 442. The predicted octanol–water partition coefficient (Wildman–Crippen LogP) is 0.504. The molecule has 0 saturated carbocycles. The van der Waals surface area contributed by atoms with Gasteiger partial charge in [-0.1, -0.05) is 35.5 Å². The summed E-state index contributed by atoms with van der Waals surface area (Å²) in [6, 6.07) is 9.36. The second-order valence-electron chi connectivity index (χ2n) is 3.52. The number of benzene rings is 1. The standard InChI is InChI=1S/C11H13N3O2/c15-8-10-6-14(13-12-10)7-11(16)9-4-2-1-3-5-9/h1-6,11,15-16H,7-8H2. The van der Waals surface area contributed by atoms with E-state index in [1.54, 1.807) is 6.20 Å². The zero-order valence-corrected chi connectivity index (χ0v) is 8.69. The van der Waals surface area contributed by atoms with Crippen molar-refractivity contribution >= 4 is 0 Å². The minimum atomic E-state index is -0.616. The monoisotopic (exact) mass is 219 g/mol. The van der Waals surface area contributed by atoms with Crippen LogP contribution in [0, 0.1) is 0 Å². The van der Waals surface area contributed by atoms with Crippen LogP contribution in [0.2, 0.25) is 0 Å². The van der Waals surface area contributed by atoms with Crippen molar-refractivity contribution in [2.75, 3.05) is 0 Å². The number of hydrogen-bond acceptors (Lipinski definition) is 4. The normalized spacial score (nSPS) is 12.6. The van der Waals surface area contributed by atoms with E-state index in [4.69, 9.17) is 5.11 Å². The lowest BCUT2D eigenvalue weighted by Crippen LogP contribution is -2.09. The van der Waals surface area contributed by atoms with Gasteiger partial charge >= 0.3 is 0 Å². The molecule has 2 N–H and O–H groups in total. The molecule has 0 aliphatic heterocycles. The van der Waals surface area contributed by atoms with Crippen molar-refractivity contribution in [3.05, 3.63) is 47.8 Å². The molecular formula is C11H13N3O2. The third-order valence-corrected chi connectivity index (χ3v) is 2.29. The zero-order chi connectivity index (χ0) is 11.4. The molecule has 0 fully saturated rings. The van der Waals surface area contributed by atoms with Crippen LogP contribution in [0.3, 0.4) is 0 Å². The number of aliphatic hydroxyl groups is 2. The van der Waals surface area contributed by atoms with Gasteiger partial charge in [0.05, 0.1) is 25.5 Å². The molecule has 0 aliphatic carbocycles. The maximum absolute atomic E-state index is 9.90. The van der Waals surface area contributed by atoms with Crippen LogP contribution in [0.1, 0.15) is 17.4 Å². The van der Waals surface area contributed by atoms with Crippen molar-refractivity contribution in [1.82, 2.24) is 15.0 Å². The Morgan fingerprint density at radius 2 is 2.00 bits per heavy atom. The Balaban J connectivity index is 2.05. The molecule has 1 aromatic carbocycles. The smallest absolute Gasteiger partial charge is 0.108 e. The SMILES string of the molecule is OCc1cn(CC(O)c2ccccc2)nn1. The van der Waals surface area contributed by atoms with E-state index in [1.165, 1.54) is 4.68 Å². The van der Waals surface area contributed by atoms with Crippen LogP contribution >= 0.6 is 0 Å². The highest BCUT2D eigenvalue weighted by atomic mass is 16.3. The van der Waals surface area contributed by atoms with E-state index in [-0.39, 0.29) is 6.61 Å². The summed E-state index contributed by atoms with van der Waals surface area (Å²) >= 11 is 0. The highest BCUT2D eigenvalue weighted by Gasteiger charge is 2.09. The molecule has 0 amide bonds. The average molecular weight is 219 g/mol. The van der Waals surface area contributed by atoms with E-state index in [2.05, 4.69) is 10.3 Å². The highest BCUT2D eigenvalue weighted by Crippen LogP contribution is 2.13. The average Bonchev–Trinajstić information content (AvgIpc) is 2.78. The Kier molecular flexibility index (Phi) is 3.28. The minimum Gasteiger partial charge on any atom is -0.390 e. The van der Waals surface area contributed by atoms with Crippen molar-refractivity contribution < 1.29 is 10.2 Å². The van der Waals surface area contributed by atoms with Crippen molar-refractivity contribution in [2.45, 2.75) is 19.3 Å². The van der Waals surface area contributed by atoms with Gasteiger partial charge in [0.2, 0.25) is 0 Å². The van der Waals surface area contributed by atoms with Crippen LogP contribution in [0.5, 0.6) is 0 Å². The quantitative estimate of drug-likeness (QED) is 0.785. The van der Waals surface area contributed by atoms with Gasteiger partial charge in [-0.25, -0.2) is 4.68 Å². The van der Waals surface area contributed by atoms with Gasteiger partial charge in [0, 0.05) is 0 Å². The van der Waals surface area contributed by atoms with Crippen LogP contribution < -0.4 is 0 Å². The molecule has 1 atom stereocenters. The lowest BCUT2D eigenvalue weighted by molar-refractivity contribution is 0.150. The maximum atomic E-state index is 9.90. The Morgan fingerprint density at radius 3 is 2.62 bits per heavy atom. The fraction of sp³-hybridized carbons (Fsp3) is 0.273. The third kappa shape index (κ3) is 2.44. The third-order valence-electron chi connectivity index (χ3n) is 2.29. The van der Waals surface area contributed by atoms with Crippen LogP contribution in [0.25, 0.3) is 0 Å². The van der Waals surface area contributed by atoms with Crippen molar-refractivity contribution in [2.24, 2.45) is 0 Å². The van der Waals surface area contributed by atoms with Gasteiger partial charge in [0.1, 0.15) is 5.69 Å². The predicted molar refractivity (Wildman–Crippen MR) is 57.3 cm³/mol. The molecule has 1 unspecified atom stereocenters. The van der Waals surface area contributed by atoms with E-state index in [9.17, 15) is 5.11 Å². The van der Waals surface area contributed by atoms with E-state index in [1.807, 2.05) is 30.3 Å². The lowest BCUT2D eigenvalue weighted by atomic mass is 10.1. The molecule has 2 aromatic rings. The second-order valence-corrected chi connectivity index (χ2v) is 3.52. The molecule has 0 aliphatic rings. The van der Waals surface area contributed by atoms with Crippen molar-refractivity contribution in [1.29, 1.82) is 0 Å². The number of rotatable bonds is 4. The molecule has 84 valence electrons. The van der Waals surface area contributed by atoms with E-state index >= 15 is 0 Å². The molecule has 0 spiro atoms. The first-order valence-corrected chi connectivity index (χ1v) is 5.02. The molecule has 1 aromatic heterocycles. The summed E-state index contributed by atoms with van der Waals surface area (Å²) in [5.74, 6) is 0. The van der Waals surface area contributed by atoms with E-state index in [0.29, 0.717) is 12.2 Å². The maximum Gasteiger partial charge on any atom is 0.108 e. The minimum absolute atomic E-state index is 0.137. The van der Waals surface area contributed by atoms with Crippen LogP contribution in [-0.2, 0) is 13.2 Å². The first-order chi connectivity index (χ1) is 7.79. The Hall–Kier alpha value is -1.72. The Labute approximate surface area is 93.0 Å². The van der Waals surface area contributed by atoms with Gasteiger partial charge in [-0.2, -0.15) is 0 Å². The molecule has 0 bridgehead atoms. The molecular weight excluding hydrogens is 206 g/mol.